The van der Waals surface area contributed by atoms with Gasteiger partial charge in [0.2, 0.25) is 0 Å². The molecule has 0 fully saturated rings. The molecule has 0 spiro atoms. The molecule has 0 unspecified atom stereocenters. The predicted molar refractivity (Wildman–Crippen MR) is 61.1 cm³/mol. The van der Waals surface area contributed by atoms with E-state index in [4.69, 9.17) is 11.6 Å². The van der Waals surface area contributed by atoms with Gasteiger partial charge in [0.25, 0.3) is 0 Å². The highest BCUT2D eigenvalue weighted by Gasteiger charge is 2.01. The third-order valence-corrected chi connectivity index (χ3v) is 2.37. The molecule has 0 N–H and O–H groups in total. The van der Waals surface area contributed by atoms with Crippen LogP contribution in [0.5, 0.6) is 0 Å². The summed E-state index contributed by atoms with van der Waals surface area (Å²) in [6.45, 7) is 1.56. The van der Waals surface area contributed by atoms with Crippen molar-refractivity contribution in [3.05, 3.63) is 41.0 Å². The minimum Gasteiger partial charge on any atom is -0.300 e. The van der Waals surface area contributed by atoms with Crippen molar-refractivity contribution >= 4 is 28.3 Å². The second kappa shape index (κ2) is 3.99. The molecule has 0 aliphatic heterocycles. The molecule has 1 aromatic carbocycles. The first-order chi connectivity index (χ1) is 7.15. The van der Waals surface area contributed by atoms with Gasteiger partial charge in [0.1, 0.15) is 5.78 Å². The van der Waals surface area contributed by atoms with E-state index in [9.17, 15) is 4.79 Å². The summed E-state index contributed by atoms with van der Waals surface area (Å²) in [5, 5.41) is 1.69. The fraction of sp³-hybridized carbons (Fsp3) is 0.167. The van der Waals surface area contributed by atoms with Gasteiger partial charge in [0.05, 0.1) is 5.52 Å². The molecule has 0 atom stereocenters. The van der Waals surface area contributed by atoms with Gasteiger partial charge in [-0.1, -0.05) is 17.7 Å². The molecule has 0 aliphatic carbocycles. The summed E-state index contributed by atoms with van der Waals surface area (Å²) < 4.78 is 0. The van der Waals surface area contributed by atoms with Crippen LogP contribution in [0.4, 0.5) is 0 Å². The molecule has 0 saturated heterocycles. The number of carbonyl (C=O) groups is 1. The summed E-state index contributed by atoms with van der Waals surface area (Å²) in [4.78, 5) is 15.3. The Hall–Kier alpha value is -1.41. The zero-order chi connectivity index (χ0) is 10.8. The largest absolute Gasteiger partial charge is 0.300 e. The summed E-state index contributed by atoms with van der Waals surface area (Å²) in [7, 11) is 0. The van der Waals surface area contributed by atoms with Crippen LogP contribution in [-0.2, 0) is 11.2 Å². The Bertz CT molecular complexity index is 522. The number of halogens is 1. The Labute approximate surface area is 92.9 Å². The number of hydrogen-bond donors (Lipinski definition) is 0. The zero-order valence-corrected chi connectivity index (χ0v) is 9.08. The molecule has 76 valence electrons. The van der Waals surface area contributed by atoms with E-state index in [0.717, 1.165) is 16.6 Å². The number of ketones is 1. The van der Waals surface area contributed by atoms with Crippen molar-refractivity contribution in [3.8, 4) is 0 Å². The van der Waals surface area contributed by atoms with E-state index in [-0.39, 0.29) is 5.78 Å². The lowest BCUT2D eigenvalue weighted by Crippen LogP contribution is -1.98. The fourth-order valence-corrected chi connectivity index (χ4v) is 1.67. The minimum absolute atomic E-state index is 0.121. The van der Waals surface area contributed by atoms with E-state index in [2.05, 4.69) is 4.98 Å². The monoisotopic (exact) mass is 219 g/mol. The Morgan fingerprint density at radius 3 is 2.87 bits per heavy atom. The van der Waals surface area contributed by atoms with Gasteiger partial charge in [-0.2, -0.15) is 0 Å². The lowest BCUT2D eigenvalue weighted by atomic mass is 10.1. The van der Waals surface area contributed by atoms with Crippen molar-refractivity contribution in [2.45, 2.75) is 13.3 Å². The van der Waals surface area contributed by atoms with Crippen LogP contribution in [0.3, 0.4) is 0 Å². The van der Waals surface area contributed by atoms with Gasteiger partial charge in [-0.05, 0) is 31.2 Å². The van der Waals surface area contributed by atoms with Gasteiger partial charge < -0.3 is 0 Å². The van der Waals surface area contributed by atoms with Crippen LogP contribution in [0.1, 0.15) is 12.6 Å². The van der Waals surface area contributed by atoms with E-state index in [1.54, 1.807) is 13.0 Å². The molecule has 1 heterocycles. The topological polar surface area (TPSA) is 30.0 Å². The lowest BCUT2D eigenvalue weighted by molar-refractivity contribution is -0.116. The highest BCUT2D eigenvalue weighted by Crippen LogP contribution is 2.18. The normalized spacial score (nSPS) is 10.5. The molecular weight excluding hydrogens is 210 g/mol. The number of aromatic nitrogens is 1. The van der Waals surface area contributed by atoms with Crippen molar-refractivity contribution < 1.29 is 4.79 Å². The van der Waals surface area contributed by atoms with E-state index < -0.39 is 0 Å². The number of carbonyl (C=O) groups excluding carboxylic acids is 1. The van der Waals surface area contributed by atoms with Crippen LogP contribution >= 0.6 is 11.6 Å². The lowest BCUT2D eigenvalue weighted by Gasteiger charge is -2.01. The maximum Gasteiger partial charge on any atom is 0.135 e. The molecule has 2 aromatic rings. The van der Waals surface area contributed by atoms with Crippen molar-refractivity contribution in [1.82, 2.24) is 4.98 Å². The van der Waals surface area contributed by atoms with E-state index in [1.165, 1.54) is 0 Å². The zero-order valence-electron chi connectivity index (χ0n) is 8.33. The number of nitrogens with zero attached hydrogens (tertiary/aromatic N) is 1. The molecule has 0 saturated carbocycles. The predicted octanol–water partition coefficient (Wildman–Crippen LogP) is 3.02. The molecular formula is C12H10ClNO. The second-order valence-electron chi connectivity index (χ2n) is 3.52. The number of rotatable bonds is 2. The van der Waals surface area contributed by atoms with Crippen molar-refractivity contribution in [2.75, 3.05) is 0 Å². The fourth-order valence-electron chi connectivity index (χ4n) is 1.49. The molecule has 0 radical (unpaired) electrons. The Balaban J connectivity index is 2.47. The van der Waals surface area contributed by atoms with Crippen LogP contribution in [0.25, 0.3) is 10.9 Å². The molecule has 0 amide bonds. The number of pyridine rings is 1. The smallest absolute Gasteiger partial charge is 0.135 e. The average molecular weight is 220 g/mol. The quantitative estimate of drug-likeness (QED) is 0.777. The first-order valence-electron chi connectivity index (χ1n) is 4.70. The van der Waals surface area contributed by atoms with Gasteiger partial charge in [-0.3, -0.25) is 9.78 Å². The summed E-state index contributed by atoms with van der Waals surface area (Å²) in [5.41, 5.74) is 1.68. The van der Waals surface area contributed by atoms with Crippen LogP contribution in [0.2, 0.25) is 5.02 Å². The number of benzene rings is 1. The molecule has 3 heteroatoms. The minimum atomic E-state index is 0.121. The third kappa shape index (κ3) is 2.34. The van der Waals surface area contributed by atoms with Crippen LogP contribution < -0.4 is 0 Å². The van der Waals surface area contributed by atoms with Gasteiger partial charge in [0.15, 0.2) is 0 Å². The van der Waals surface area contributed by atoms with Gasteiger partial charge in [-0.25, -0.2) is 0 Å². The standard InChI is InChI=1S/C12H10ClNO/c1-8(15)6-11-4-2-9-7-10(13)3-5-12(9)14-11/h2-5,7H,6H2,1H3. The van der Waals surface area contributed by atoms with E-state index >= 15 is 0 Å². The van der Waals surface area contributed by atoms with Crippen molar-refractivity contribution in [3.63, 3.8) is 0 Å². The van der Waals surface area contributed by atoms with Gasteiger partial charge in [0, 0.05) is 22.5 Å². The molecule has 0 aliphatic rings. The summed E-state index contributed by atoms with van der Waals surface area (Å²) >= 11 is 5.86. The number of fused-ring (bicyclic) bond motifs is 1. The van der Waals surface area contributed by atoms with Crippen molar-refractivity contribution in [2.24, 2.45) is 0 Å². The summed E-state index contributed by atoms with van der Waals surface area (Å²) in [5.74, 6) is 0.121. The van der Waals surface area contributed by atoms with Crippen molar-refractivity contribution in [1.29, 1.82) is 0 Å². The first-order valence-corrected chi connectivity index (χ1v) is 5.07. The Morgan fingerprint density at radius 1 is 1.33 bits per heavy atom. The molecule has 1 aromatic heterocycles. The van der Waals surface area contributed by atoms with Crippen LogP contribution in [0.15, 0.2) is 30.3 Å². The maximum atomic E-state index is 10.9. The van der Waals surface area contributed by atoms with E-state index in [1.807, 2.05) is 24.3 Å². The SMILES string of the molecule is CC(=O)Cc1ccc2cc(Cl)ccc2n1. The van der Waals surface area contributed by atoms with Crippen LogP contribution in [0, 0.1) is 0 Å². The molecule has 2 rings (SSSR count). The average Bonchev–Trinajstić information content (AvgIpc) is 2.17. The Morgan fingerprint density at radius 2 is 2.13 bits per heavy atom. The molecule has 15 heavy (non-hydrogen) atoms. The van der Waals surface area contributed by atoms with Gasteiger partial charge in [-0.15, -0.1) is 0 Å². The highest BCUT2D eigenvalue weighted by atomic mass is 35.5. The van der Waals surface area contributed by atoms with Crippen LogP contribution in [-0.4, -0.2) is 10.8 Å². The molecule has 0 bridgehead atoms. The third-order valence-electron chi connectivity index (χ3n) is 2.14. The molecule has 2 nitrogen and oxygen atoms in total. The number of Topliss-reactive ketones (excluding diaryl/α,β-unsaturated/α-hetero) is 1. The first kappa shape index (κ1) is 10.1. The van der Waals surface area contributed by atoms with Gasteiger partial charge >= 0.3 is 0 Å². The summed E-state index contributed by atoms with van der Waals surface area (Å²) in [6.07, 6.45) is 0.387. The number of hydrogen-bond acceptors (Lipinski definition) is 2. The summed E-state index contributed by atoms with van der Waals surface area (Å²) in [6, 6.07) is 9.32. The highest BCUT2D eigenvalue weighted by molar-refractivity contribution is 6.31. The maximum absolute atomic E-state index is 10.9. The Kier molecular flexibility index (Phi) is 2.69. The van der Waals surface area contributed by atoms with E-state index in [0.29, 0.717) is 11.4 Å². The second-order valence-corrected chi connectivity index (χ2v) is 3.95.